The molecule has 6 heteroatoms. The van der Waals surface area contributed by atoms with E-state index in [0.29, 0.717) is 6.54 Å². The predicted octanol–water partition coefficient (Wildman–Crippen LogP) is 0.328. The van der Waals surface area contributed by atoms with E-state index in [2.05, 4.69) is 46.5 Å². The molecular weight excluding hydrogens is 204 g/mol. The molecule has 0 aromatic carbocycles. The van der Waals surface area contributed by atoms with Gasteiger partial charge in [-0.15, -0.1) is 0 Å². The summed E-state index contributed by atoms with van der Waals surface area (Å²) in [4.78, 5) is 8.26. The fraction of sp³-hybridized carbons (Fsp3) is 0.700. The Hall–Kier alpha value is -1.59. The van der Waals surface area contributed by atoms with Gasteiger partial charge in [-0.25, -0.2) is 9.67 Å². The number of nitrogens with zero attached hydrogens (tertiary/aromatic N) is 4. The van der Waals surface area contributed by atoms with Gasteiger partial charge in [-0.2, -0.15) is 5.10 Å². The Morgan fingerprint density at radius 3 is 2.69 bits per heavy atom. The van der Waals surface area contributed by atoms with Crippen LogP contribution in [-0.2, 0) is 12.1 Å². The molecule has 0 atom stereocenters. The van der Waals surface area contributed by atoms with Crippen molar-refractivity contribution in [2.75, 3.05) is 14.1 Å². The van der Waals surface area contributed by atoms with Gasteiger partial charge in [0.1, 0.15) is 12.2 Å². The van der Waals surface area contributed by atoms with Gasteiger partial charge in [0.15, 0.2) is 5.96 Å². The van der Waals surface area contributed by atoms with Crippen molar-refractivity contribution in [2.24, 2.45) is 4.99 Å². The molecule has 0 spiro atoms. The zero-order valence-corrected chi connectivity index (χ0v) is 10.6. The molecule has 0 aliphatic heterocycles. The standard InChI is InChI=1S/C10H20N6/c1-10(2,3)16-8(14-7-15-16)6-13-9(11-4)12-5/h7H,6H2,1-5H3,(H2,11,12,13). The first kappa shape index (κ1) is 12.5. The van der Waals surface area contributed by atoms with Crippen molar-refractivity contribution < 1.29 is 0 Å². The Kier molecular flexibility index (Phi) is 3.87. The second kappa shape index (κ2) is 4.96. The maximum Gasteiger partial charge on any atom is 0.191 e. The molecule has 6 nitrogen and oxygen atoms in total. The topological polar surface area (TPSA) is 67.1 Å². The molecule has 1 rings (SSSR count). The molecule has 16 heavy (non-hydrogen) atoms. The molecule has 90 valence electrons. The smallest absolute Gasteiger partial charge is 0.191 e. The lowest BCUT2D eigenvalue weighted by Crippen LogP contribution is -2.36. The van der Waals surface area contributed by atoms with Crippen molar-refractivity contribution in [3.8, 4) is 0 Å². The highest BCUT2D eigenvalue weighted by Gasteiger charge is 2.18. The number of hydrogen-bond acceptors (Lipinski definition) is 3. The SMILES string of the molecule is CN=C(NC)NCc1ncnn1C(C)(C)C. The van der Waals surface area contributed by atoms with Crippen LogP contribution in [-0.4, -0.2) is 34.8 Å². The van der Waals surface area contributed by atoms with Gasteiger partial charge in [0, 0.05) is 14.1 Å². The van der Waals surface area contributed by atoms with Crippen molar-refractivity contribution in [1.29, 1.82) is 0 Å². The number of hydrogen-bond donors (Lipinski definition) is 2. The summed E-state index contributed by atoms with van der Waals surface area (Å²) in [5.41, 5.74) is -0.0589. The summed E-state index contributed by atoms with van der Waals surface area (Å²) in [6.07, 6.45) is 1.57. The maximum atomic E-state index is 4.23. The molecule has 0 saturated heterocycles. The van der Waals surface area contributed by atoms with Gasteiger partial charge in [-0.1, -0.05) is 0 Å². The third kappa shape index (κ3) is 2.95. The number of rotatable bonds is 2. The van der Waals surface area contributed by atoms with Crippen molar-refractivity contribution in [3.63, 3.8) is 0 Å². The summed E-state index contributed by atoms with van der Waals surface area (Å²) in [7, 11) is 3.55. The van der Waals surface area contributed by atoms with Crippen molar-refractivity contribution in [1.82, 2.24) is 25.4 Å². The van der Waals surface area contributed by atoms with Crippen LogP contribution in [0.2, 0.25) is 0 Å². The average molecular weight is 224 g/mol. The van der Waals surface area contributed by atoms with E-state index in [1.165, 1.54) is 0 Å². The third-order valence-electron chi connectivity index (χ3n) is 2.13. The molecule has 0 radical (unpaired) electrons. The maximum absolute atomic E-state index is 4.23. The normalized spacial score (nSPS) is 12.7. The number of aromatic nitrogens is 3. The Labute approximate surface area is 96.2 Å². The minimum Gasteiger partial charge on any atom is -0.359 e. The van der Waals surface area contributed by atoms with E-state index >= 15 is 0 Å². The third-order valence-corrected chi connectivity index (χ3v) is 2.13. The first-order valence-electron chi connectivity index (χ1n) is 5.27. The molecule has 0 aliphatic carbocycles. The lowest BCUT2D eigenvalue weighted by Gasteiger charge is -2.21. The minimum absolute atomic E-state index is 0.0589. The first-order valence-corrected chi connectivity index (χ1v) is 5.27. The first-order chi connectivity index (χ1) is 7.49. The van der Waals surface area contributed by atoms with E-state index in [9.17, 15) is 0 Å². The second-order valence-corrected chi connectivity index (χ2v) is 4.43. The van der Waals surface area contributed by atoms with Gasteiger partial charge in [0.05, 0.1) is 12.1 Å². The Morgan fingerprint density at radius 1 is 1.50 bits per heavy atom. The van der Waals surface area contributed by atoms with Crippen LogP contribution in [0.5, 0.6) is 0 Å². The molecule has 0 aliphatic rings. The van der Waals surface area contributed by atoms with Crippen LogP contribution in [0.1, 0.15) is 26.6 Å². The van der Waals surface area contributed by atoms with Crippen molar-refractivity contribution in [2.45, 2.75) is 32.9 Å². The predicted molar refractivity (Wildman–Crippen MR) is 64.3 cm³/mol. The molecule has 0 fully saturated rings. The summed E-state index contributed by atoms with van der Waals surface area (Å²) in [5.74, 6) is 1.63. The van der Waals surface area contributed by atoms with Crippen LogP contribution in [0.3, 0.4) is 0 Å². The summed E-state index contributed by atoms with van der Waals surface area (Å²) in [6.45, 7) is 6.89. The van der Waals surface area contributed by atoms with Crippen LogP contribution in [0.15, 0.2) is 11.3 Å². The highest BCUT2D eigenvalue weighted by molar-refractivity contribution is 5.79. The molecule has 1 heterocycles. The van der Waals surface area contributed by atoms with E-state index in [1.807, 2.05) is 11.7 Å². The molecule has 2 N–H and O–H groups in total. The summed E-state index contributed by atoms with van der Waals surface area (Å²) < 4.78 is 1.91. The van der Waals surface area contributed by atoms with Crippen LogP contribution < -0.4 is 10.6 Å². The minimum atomic E-state index is -0.0589. The van der Waals surface area contributed by atoms with Crippen LogP contribution in [0.25, 0.3) is 0 Å². The van der Waals surface area contributed by atoms with E-state index in [-0.39, 0.29) is 5.54 Å². The molecule has 1 aromatic heterocycles. The van der Waals surface area contributed by atoms with E-state index in [0.717, 1.165) is 11.8 Å². The second-order valence-electron chi connectivity index (χ2n) is 4.43. The molecule has 0 unspecified atom stereocenters. The number of aliphatic imine (C=N–C) groups is 1. The Morgan fingerprint density at radius 2 is 2.19 bits per heavy atom. The van der Waals surface area contributed by atoms with Gasteiger partial charge >= 0.3 is 0 Å². The van der Waals surface area contributed by atoms with E-state index in [1.54, 1.807) is 13.4 Å². The zero-order chi connectivity index (χ0) is 12.2. The Bertz CT molecular complexity index is 360. The summed E-state index contributed by atoms with van der Waals surface area (Å²) >= 11 is 0. The fourth-order valence-corrected chi connectivity index (χ4v) is 1.39. The zero-order valence-electron chi connectivity index (χ0n) is 10.6. The van der Waals surface area contributed by atoms with Gasteiger partial charge in [0.25, 0.3) is 0 Å². The van der Waals surface area contributed by atoms with Gasteiger partial charge in [-0.3, -0.25) is 4.99 Å². The van der Waals surface area contributed by atoms with Gasteiger partial charge in [0.2, 0.25) is 0 Å². The molecule has 0 saturated carbocycles. The van der Waals surface area contributed by atoms with Gasteiger partial charge in [-0.05, 0) is 20.8 Å². The summed E-state index contributed by atoms with van der Waals surface area (Å²) in [6, 6.07) is 0. The lowest BCUT2D eigenvalue weighted by molar-refractivity contribution is 0.340. The fourth-order valence-electron chi connectivity index (χ4n) is 1.39. The van der Waals surface area contributed by atoms with Crippen LogP contribution in [0, 0.1) is 0 Å². The van der Waals surface area contributed by atoms with Crippen LogP contribution >= 0.6 is 0 Å². The largest absolute Gasteiger partial charge is 0.359 e. The molecule has 0 amide bonds. The Balaban J connectivity index is 2.72. The molecule has 1 aromatic rings. The van der Waals surface area contributed by atoms with Gasteiger partial charge < -0.3 is 10.6 Å². The van der Waals surface area contributed by atoms with Crippen molar-refractivity contribution in [3.05, 3.63) is 12.2 Å². The van der Waals surface area contributed by atoms with E-state index in [4.69, 9.17) is 0 Å². The number of nitrogens with one attached hydrogen (secondary N) is 2. The molecule has 0 bridgehead atoms. The van der Waals surface area contributed by atoms with Crippen LogP contribution in [0.4, 0.5) is 0 Å². The highest BCUT2D eigenvalue weighted by Crippen LogP contribution is 2.13. The average Bonchev–Trinajstić information content (AvgIpc) is 2.67. The quantitative estimate of drug-likeness (QED) is 0.561. The molecular formula is C10H20N6. The van der Waals surface area contributed by atoms with E-state index < -0.39 is 0 Å². The highest BCUT2D eigenvalue weighted by atomic mass is 15.4. The monoisotopic (exact) mass is 224 g/mol. The number of guanidine groups is 1. The van der Waals surface area contributed by atoms with Crippen molar-refractivity contribution >= 4 is 5.96 Å². The lowest BCUT2D eigenvalue weighted by atomic mass is 10.1. The summed E-state index contributed by atoms with van der Waals surface area (Å²) in [5, 5.41) is 10.3.